The van der Waals surface area contributed by atoms with Crippen LogP contribution in [0.2, 0.25) is 0 Å². The molecule has 0 fully saturated rings. The molecule has 0 atom stereocenters. The van der Waals surface area contributed by atoms with Gasteiger partial charge in [0.1, 0.15) is 5.75 Å². The average molecular weight is 352 g/mol. The molecule has 3 rings (SSSR count). The van der Waals surface area contributed by atoms with Gasteiger partial charge >= 0.3 is 0 Å². The molecule has 3 aromatic rings. The maximum Gasteiger partial charge on any atom is 0.257 e. The highest BCUT2D eigenvalue weighted by molar-refractivity contribution is 6.07. The fraction of sp³-hybridized carbons (Fsp3) is 0.150. The number of anilines is 1. The first-order chi connectivity index (χ1) is 12.7. The van der Waals surface area contributed by atoms with E-state index in [2.05, 4.69) is 5.32 Å². The molecule has 2 aromatic carbocycles. The Balaban J connectivity index is 1.99. The zero-order valence-corrected chi connectivity index (χ0v) is 14.9. The van der Waals surface area contributed by atoms with Gasteiger partial charge in [0.25, 0.3) is 5.91 Å². The van der Waals surface area contributed by atoms with Crippen LogP contribution in [0.1, 0.15) is 10.4 Å². The van der Waals surface area contributed by atoms with E-state index in [1.165, 1.54) is 0 Å². The van der Waals surface area contributed by atoms with E-state index in [4.69, 9.17) is 14.2 Å². The minimum absolute atomic E-state index is 0.250. The van der Waals surface area contributed by atoms with Gasteiger partial charge in [-0.05, 0) is 42.5 Å². The van der Waals surface area contributed by atoms with E-state index in [1.807, 2.05) is 29.1 Å². The van der Waals surface area contributed by atoms with Crippen LogP contribution < -0.4 is 19.5 Å². The van der Waals surface area contributed by atoms with E-state index in [-0.39, 0.29) is 5.91 Å². The third kappa shape index (κ3) is 3.49. The Labute approximate surface area is 151 Å². The van der Waals surface area contributed by atoms with Crippen LogP contribution in [0.4, 0.5) is 5.69 Å². The second kappa shape index (κ2) is 7.65. The second-order valence-electron chi connectivity index (χ2n) is 5.50. The van der Waals surface area contributed by atoms with E-state index in [0.717, 1.165) is 5.75 Å². The van der Waals surface area contributed by atoms with Crippen LogP contribution >= 0.6 is 0 Å². The van der Waals surface area contributed by atoms with E-state index in [1.54, 1.807) is 57.7 Å². The van der Waals surface area contributed by atoms with Crippen molar-refractivity contribution in [2.45, 2.75) is 0 Å². The Hall–Kier alpha value is -3.41. The number of ether oxygens (including phenoxy) is 3. The molecular weight excluding hydrogens is 332 g/mol. The molecule has 0 radical (unpaired) electrons. The number of amides is 1. The standard InChI is InChI=1S/C20H20N2O4/c1-24-15-8-6-14(7-9-15)21-20(23)16-12-18(25-2)19(26-3)13-17(16)22-10-4-5-11-22/h4-13H,1-3H3,(H,21,23). The number of carbonyl (C=O) groups excluding carboxylic acids is 1. The van der Waals surface area contributed by atoms with Gasteiger partial charge in [-0.1, -0.05) is 0 Å². The summed E-state index contributed by atoms with van der Waals surface area (Å²) in [6, 6.07) is 14.4. The number of benzene rings is 2. The van der Waals surface area contributed by atoms with Crippen molar-refractivity contribution in [3.05, 3.63) is 66.5 Å². The molecule has 1 N–H and O–H groups in total. The Morgan fingerprint density at radius 1 is 0.885 bits per heavy atom. The van der Waals surface area contributed by atoms with Crippen molar-refractivity contribution in [3.8, 4) is 22.9 Å². The summed E-state index contributed by atoms with van der Waals surface area (Å²) in [5.74, 6) is 1.52. The second-order valence-corrected chi connectivity index (χ2v) is 5.50. The molecule has 1 heterocycles. The molecule has 134 valence electrons. The molecule has 26 heavy (non-hydrogen) atoms. The third-order valence-corrected chi connectivity index (χ3v) is 3.98. The Morgan fingerprint density at radius 3 is 2.08 bits per heavy atom. The van der Waals surface area contributed by atoms with Gasteiger partial charge in [0.15, 0.2) is 11.5 Å². The maximum atomic E-state index is 12.9. The monoisotopic (exact) mass is 352 g/mol. The summed E-state index contributed by atoms with van der Waals surface area (Å²) in [5.41, 5.74) is 1.83. The highest BCUT2D eigenvalue weighted by Gasteiger charge is 2.18. The molecule has 1 amide bonds. The summed E-state index contributed by atoms with van der Waals surface area (Å²) < 4.78 is 17.7. The van der Waals surface area contributed by atoms with Crippen molar-refractivity contribution >= 4 is 11.6 Å². The van der Waals surface area contributed by atoms with Crippen molar-refractivity contribution < 1.29 is 19.0 Å². The highest BCUT2D eigenvalue weighted by Crippen LogP contribution is 2.33. The number of hydrogen-bond acceptors (Lipinski definition) is 4. The maximum absolute atomic E-state index is 12.9. The highest BCUT2D eigenvalue weighted by atomic mass is 16.5. The number of rotatable bonds is 6. The fourth-order valence-electron chi connectivity index (χ4n) is 2.63. The summed E-state index contributed by atoms with van der Waals surface area (Å²) in [6.45, 7) is 0. The molecule has 1 aromatic heterocycles. The van der Waals surface area contributed by atoms with Crippen molar-refractivity contribution in [1.82, 2.24) is 4.57 Å². The van der Waals surface area contributed by atoms with Crippen LogP contribution in [0.15, 0.2) is 60.9 Å². The lowest BCUT2D eigenvalue weighted by atomic mass is 10.1. The number of nitrogens with one attached hydrogen (secondary N) is 1. The van der Waals surface area contributed by atoms with Crippen LogP contribution in [0.25, 0.3) is 5.69 Å². The molecule has 0 saturated heterocycles. The quantitative estimate of drug-likeness (QED) is 0.734. The summed E-state index contributed by atoms with van der Waals surface area (Å²) >= 11 is 0. The Bertz CT molecular complexity index is 887. The van der Waals surface area contributed by atoms with Gasteiger partial charge < -0.3 is 24.1 Å². The summed E-state index contributed by atoms with van der Waals surface area (Å²) in [6.07, 6.45) is 3.73. The number of hydrogen-bond donors (Lipinski definition) is 1. The zero-order chi connectivity index (χ0) is 18.5. The minimum Gasteiger partial charge on any atom is -0.497 e. The van der Waals surface area contributed by atoms with Gasteiger partial charge in [0, 0.05) is 24.1 Å². The molecule has 0 bridgehead atoms. The van der Waals surface area contributed by atoms with E-state index in [9.17, 15) is 4.79 Å². The molecule has 6 heteroatoms. The van der Waals surface area contributed by atoms with Crippen molar-refractivity contribution in [3.63, 3.8) is 0 Å². The van der Waals surface area contributed by atoms with E-state index < -0.39 is 0 Å². The number of aromatic nitrogens is 1. The van der Waals surface area contributed by atoms with Gasteiger partial charge in [-0.3, -0.25) is 4.79 Å². The van der Waals surface area contributed by atoms with E-state index >= 15 is 0 Å². The molecule has 0 spiro atoms. The molecular formula is C20H20N2O4. The zero-order valence-electron chi connectivity index (χ0n) is 14.9. The van der Waals surface area contributed by atoms with Gasteiger partial charge in [-0.2, -0.15) is 0 Å². The molecule has 0 saturated carbocycles. The van der Waals surface area contributed by atoms with Crippen LogP contribution in [0.5, 0.6) is 17.2 Å². The van der Waals surface area contributed by atoms with Gasteiger partial charge in [-0.25, -0.2) is 0 Å². The van der Waals surface area contributed by atoms with Crippen LogP contribution in [0, 0.1) is 0 Å². The lowest BCUT2D eigenvalue weighted by Gasteiger charge is -2.16. The molecule has 0 aliphatic rings. The fourth-order valence-corrected chi connectivity index (χ4v) is 2.63. The summed E-state index contributed by atoms with van der Waals surface area (Å²) in [4.78, 5) is 12.9. The third-order valence-electron chi connectivity index (χ3n) is 3.98. The Kier molecular flexibility index (Phi) is 5.12. The molecule has 0 aliphatic heterocycles. The minimum atomic E-state index is -0.250. The summed E-state index contributed by atoms with van der Waals surface area (Å²) in [7, 11) is 4.70. The van der Waals surface area contributed by atoms with E-state index in [0.29, 0.717) is 28.4 Å². The molecule has 0 aliphatic carbocycles. The SMILES string of the molecule is COc1ccc(NC(=O)c2cc(OC)c(OC)cc2-n2cccc2)cc1. The lowest BCUT2D eigenvalue weighted by Crippen LogP contribution is -2.15. The van der Waals surface area contributed by atoms with Crippen molar-refractivity contribution in [1.29, 1.82) is 0 Å². The number of methoxy groups -OCH3 is 3. The van der Waals surface area contributed by atoms with Crippen LogP contribution in [0.3, 0.4) is 0 Å². The van der Waals surface area contributed by atoms with Crippen molar-refractivity contribution in [2.75, 3.05) is 26.6 Å². The van der Waals surface area contributed by atoms with Crippen LogP contribution in [-0.4, -0.2) is 31.8 Å². The topological polar surface area (TPSA) is 61.7 Å². The first-order valence-corrected chi connectivity index (χ1v) is 8.01. The smallest absolute Gasteiger partial charge is 0.257 e. The van der Waals surface area contributed by atoms with Crippen LogP contribution in [-0.2, 0) is 0 Å². The van der Waals surface area contributed by atoms with Gasteiger partial charge in [0.2, 0.25) is 0 Å². The normalized spacial score (nSPS) is 10.3. The lowest BCUT2D eigenvalue weighted by molar-refractivity contribution is 0.102. The molecule has 0 unspecified atom stereocenters. The van der Waals surface area contributed by atoms with Gasteiger partial charge in [0.05, 0.1) is 32.6 Å². The Morgan fingerprint density at radius 2 is 1.50 bits per heavy atom. The first-order valence-electron chi connectivity index (χ1n) is 8.01. The number of carbonyl (C=O) groups is 1. The predicted molar refractivity (Wildman–Crippen MR) is 99.8 cm³/mol. The largest absolute Gasteiger partial charge is 0.497 e. The summed E-state index contributed by atoms with van der Waals surface area (Å²) in [5, 5.41) is 2.90. The predicted octanol–water partition coefficient (Wildman–Crippen LogP) is 3.76. The van der Waals surface area contributed by atoms with Crippen molar-refractivity contribution in [2.24, 2.45) is 0 Å². The van der Waals surface area contributed by atoms with Gasteiger partial charge in [-0.15, -0.1) is 0 Å². The molecule has 6 nitrogen and oxygen atoms in total. The average Bonchev–Trinajstić information content (AvgIpc) is 3.22. The number of nitrogens with zero attached hydrogens (tertiary/aromatic N) is 1. The first kappa shape index (κ1) is 17.4.